The number of rotatable bonds is 4. The van der Waals surface area contributed by atoms with E-state index in [1.807, 2.05) is 0 Å². The monoisotopic (exact) mass is 291 g/mol. The van der Waals surface area contributed by atoms with Crippen LogP contribution in [0.1, 0.15) is 18.0 Å². The Morgan fingerprint density at radius 3 is 2.81 bits per heavy atom. The van der Waals surface area contributed by atoms with E-state index < -0.39 is 17.8 Å². The molecule has 0 aromatic heterocycles. The van der Waals surface area contributed by atoms with E-state index in [1.165, 1.54) is 19.2 Å². The van der Waals surface area contributed by atoms with Crippen molar-refractivity contribution in [3.63, 3.8) is 0 Å². The Bertz CT molecular complexity index is 411. The quantitative estimate of drug-likeness (QED) is 0.891. The van der Waals surface area contributed by atoms with Gasteiger partial charge in [0.05, 0.1) is 18.0 Å². The first-order valence-electron chi connectivity index (χ1n) is 4.46. The van der Waals surface area contributed by atoms with Crippen LogP contribution >= 0.6 is 15.9 Å². The normalized spacial score (nSPS) is 12.2. The third-order valence-corrected chi connectivity index (χ3v) is 2.67. The number of carbonyl (C=O) groups is 1. The van der Waals surface area contributed by atoms with Crippen molar-refractivity contribution >= 4 is 21.9 Å². The Balaban J connectivity index is 3.10. The molecule has 0 aliphatic rings. The van der Waals surface area contributed by atoms with Crippen LogP contribution in [-0.4, -0.2) is 18.2 Å². The molecule has 0 saturated heterocycles. The summed E-state index contributed by atoms with van der Waals surface area (Å²) in [6.45, 7) is 0. The van der Waals surface area contributed by atoms with Crippen molar-refractivity contribution < 1.29 is 19.0 Å². The summed E-state index contributed by atoms with van der Waals surface area (Å²) in [5.41, 5.74) is 6.14. The number of halogens is 2. The van der Waals surface area contributed by atoms with Crippen molar-refractivity contribution in [3.05, 3.63) is 28.0 Å². The highest BCUT2D eigenvalue weighted by atomic mass is 79.9. The van der Waals surface area contributed by atoms with Gasteiger partial charge in [-0.3, -0.25) is 4.79 Å². The number of benzene rings is 1. The zero-order chi connectivity index (χ0) is 12.3. The number of nitrogens with two attached hydrogens (primary N) is 1. The average Bonchev–Trinajstić information content (AvgIpc) is 2.20. The van der Waals surface area contributed by atoms with Crippen LogP contribution in [0.25, 0.3) is 0 Å². The van der Waals surface area contributed by atoms with Crippen LogP contribution < -0.4 is 10.5 Å². The van der Waals surface area contributed by atoms with Crippen LogP contribution in [0.5, 0.6) is 5.75 Å². The molecule has 0 spiro atoms. The number of hydrogen-bond donors (Lipinski definition) is 2. The van der Waals surface area contributed by atoms with Gasteiger partial charge in [-0.05, 0) is 22.0 Å². The van der Waals surface area contributed by atoms with Crippen molar-refractivity contribution in [2.75, 3.05) is 7.11 Å². The summed E-state index contributed by atoms with van der Waals surface area (Å²) in [6.07, 6.45) is -0.242. The smallest absolute Gasteiger partial charge is 0.305 e. The summed E-state index contributed by atoms with van der Waals surface area (Å²) in [5, 5.41) is 8.63. The van der Waals surface area contributed by atoms with E-state index in [1.54, 1.807) is 0 Å². The fourth-order valence-electron chi connectivity index (χ4n) is 1.31. The third kappa shape index (κ3) is 2.93. The number of carboxylic acid groups (broad SMARTS) is 1. The number of aliphatic carboxylic acids is 1. The maximum Gasteiger partial charge on any atom is 0.305 e. The Labute approximate surface area is 100 Å². The Kier molecular flexibility index (Phi) is 4.26. The average molecular weight is 292 g/mol. The zero-order valence-electron chi connectivity index (χ0n) is 8.54. The Morgan fingerprint density at radius 1 is 1.69 bits per heavy atom. The molecule has 0 heterocycles. The summed E-state index contributed by atoms with van der Waals surface area (Å²) < 4.78 is 18.4. The lowest BCUT2D eigenvalue weighted by molar-refractivity contribution is -0.137. The van der Waals surface area contributed by atoms with Crippen LogP contribution in [0.15, 0.2) is 16.6 Å². The lowest BCUT2D eigenvalue weighted by atomic mass is 10.0. The second-order valence-electron chi connectivity index (χ2n) is 3.21. The molecule has 0 aliphatic carbocycles. The second-order valence-corrected chi connectivity index (χ2v) is 4.07. The van der Waals surface area contributed by atoms with Crippen molar-refractivity contribution in [1.29, 1.82) is 0 Å². The van der Waals surface area contributed by atoms with E-state index in [0.717, 1.165) is 0 Å². The molecule has 0 saturated carbocycles. The molecule has 4 nitrogen and oxygen atoms in total. The highest BCUT2D eigenvalue weighted by Gasteiger charge is 2.17. The second kappa shape index (κ2) is 5.27. The molecule has 0 aliphatic heterocycles. The van der Waals surface area contributed by atoms with E-state index in [9.17, 15) is 9.18 Å². The molecule has 1 unspecified atom stereocenters. The number of hydrogen-bond acceptors (Lipinski definition) is 3. The Hall–Kier alpha value is -1.14. The van der Waals surface area contributed by atoms with Gasteiger partial charge in [0.2, 0.25) is 0 Å². The van der Waals surface area contributed by atoms with Crippen LogP contribution in [-0.2, 0) is 4.79 Å². The van der Waals surface area contributed by atoms with E-state index in [0.29, 0.717) is 5.56 Å². The fraction of sp³-hybridized carbons (Fsp3) is 0.300. The third-order valence-electron chi connectivity index (χ3n) is 2.07. The first-order valence-corrected chi connectivity index (χ1v) is 5.25. The van der Waals surface area contributed by atoms with E-state index in [-0.39, 0.29) is 16.6 Å². The predicted octanol–water partition coefficient (Wildman–Crippen LogP) is 2.07. The van der Waals surface area contributed by atoms with Gasteiger partial charge >= 0.3 is 5.97 Å². The molecule has 1 rings (SSSR count). The van der Waals surface area contributed by atoms with Gasteiger partial charge in [-0.1, -0.05) is 0 Å². The van der Waals surface area contributed by atoms with Gasteiger partial charge in [-0.15, -0.1) is 0 Å². The molecular formula is C10H11BrFNO3. The molecule has 0 amide bonds. The largest absolute Gasteiger partial charge is 0.496 e. The van der Waals surface area contributed by atoms with Gasteiger partial charge in [-0.2, -0.15) is 0 Å². The van der Waals surface area contributed by atoms with E-state index in [2.05, 4.69) is 15.9 Å². The van der Waals surface area contributed by atoms with Gasteiger partial charge in [0.1, 0.15) is 11.6 Å². The van der Waals surface area contributed by atoms with Crippen LogP contribution in [0.4, 0.5) is 4.39 Å². The SMILES string of the molecule is COc1cc(F)c(Br)cc1C(N)CC(=O)O. The van der Waals surface area contributed by atoms with Crippen LogP contribution in [0.3, 0.4) is 0 Å². The summed E-state index contributed by atoms with van der Waals surface area (Å²) in [7, 11) is 1.37. The first-order chi connectivity index (χ1) is 7.45. The number of ether oxygens (including phenoxy) is 1. The fourth-order valence-corrected chi connectivity index (χ4v) is 1.67. The maximum absolute atomic E-state index is 13.2. The molecular weight excluding hydrogens is 281 g/mol. The molecule has 88 valence electrons. The standard InChI is InChI=1S/C10H11BrFNO3/c1-16-9-3-7(12)6(11)2-5(9)8(13)4-10(14)15/h2-3,8H,4,13H2,1H3,(H,14,15). The van der Waals surface area contributed by atoms with Crippen molar-refractivity contribution in [3.8, 4) is 5.75 Å². The molecule has 3 N–H and O–H groups in total. The van der Waals surface area contributed by atoms with Gasteiger partial charge in [0, 0.05) is 17.7 Å². The molecule has 0 radical (unpaired) electrons. The maximum atomic E-state index is 13.2. The summed E-state index contributed by atoms with van der Waals surface area (Å²) in [4.78, 5) is 10.5. The molecule has 1 aromatic rings. The molecule has 0 fully saturated rings. The number of carboxylic acids is 1. The van der Waals surface area contributed by atoms with Crippen molar-refractivity contribution in [2.24, 2.45) is 5.73 Å². The molecule has 1 atom stereocenters. The topological polar surface area (TPSA) is 72.5 Å². The summed E-state index contributed by atoms with van der Waals surface area (Å²) in [5.74, 6) is -1.26. The predicted molar refractivity (Wildman–Crippen MR) is 59.8 cm³/mol. The van der Waals surface area contributed by atoms with Crippen molar-refractivity contribution in [1.82, 2.24) is 0 Å². The van der Waals surface area contributed by atoms with E-state index >= 15 is 0 Å². The van der Waals surface area contributed by atoms with Gasteiger partial charge < -0.3 is 15.6 Å². The van der Waals surface area contributed by atoms with Crippen LogP contribution in [0.2, 0.25) is 0 Å². The molecule has 6 heteroatoms. The Morgan fingerprint density at radius 2 is 2.31 bits per heavy atom. The lowest BCUT2D eigenvalue weighted by Gasteiger charge is -2.14. The minimum absolute atomic E-state index is 0.226. The van der Waals surface area contributed by atoms with Gasteiger partial charge in [0.15, 0.2) is 0 Å². The molecule has 16 heavy (non-hydrogen) atoms. The highest BCUT2D eigenvalue weighted by Crippen LogP contribution is 2.31. The van der Waals surface area contributed by atoms with Crippen molar-refractivity contribution in [2.45, 2.75) is 12.5 Å². The molecule has 1 aromatic carbocycles. The molecule has 0 bridgehead atoms. The minimum atomic E-state index is -1.02. The van der Waals surface area contributed by atoms with Crippen LogP contribution in [0, 0.1) is 5.82 Å². The first kappa shape index (κ1) is 12.9. The highest BCUT2D eigenvalue weighted by molar-refractivity contribution is 9.10. The summed E-state index contributed by atoms with van der Waals surface area (Å²) in [6, 6.07) is 1.87. The summed E-state index contributed by atoms with van der Waals surface area (Å²) >= 11 is 3.01. The lowest BCUT2D eigenvalue weighted by Crippen LogP contribution is -2.16. The number of methoxy groups -OCH3 is 1. The minimum Gasteiger partial charge on any atom is -0.496 e. The van der Waals surface area contributed by atoms with Gasteiger partial charge in [-0.25, -0.2) is 4.39 Å². The van der Waals surface area contributed by atoms with Gasteiger partial charge in [0.25, 0.3) is 0 Å². The van der Waals surface area contributed by atoms with E-state index in [4.69, 9.17) is 15.6 Å². The zero-order valence-corrected chi connectivity index (χ0v) is 10.1.